The van der Waals surface area contributed by atoms with Gasteiger partial charge in [-0.1, -0.05) is 30.3 Å². The Labute approximate surface area is 119 Å². The van der Waals surface area contributed by atoms with Gasteiger partial charge in [0.25, 0.3) is 0 Å². The van der Waals surface area contributed by atoms with Gasteiger partial charge in [-0.15, -0.1) is 0 Å². The normalized spacial score (nSPS) is 27.5. The minimum absolute atomic E-state index is 0.0532. The fraction of sp³-hybridized carbons (Fsp3) is 0.562. The molecule has 1 amide bonds. The Bertz CT molecular complexity index is 443. The van der Waals surface area contributed by atoms with Crippen molar-refractivity contribution in [3.63, 3.8) is 0 Å². The SMILES string of the molecule is O=C1NCC[C@@H]1N[C@@H](C[C@@H]1CCOC1)c1ccccc1. The van der Waals surface area contributed by atoms with E-state index in [4.69, 9.17) is 4.74 Å². The number of carbonyl (C=O) groups excluding carboxylic acids is 1. The molecule has 4 heteroatoms. The lowest BCUT2D eigenvalue weighted by Gasteiger charge is -2.24. The topological polar surface area (TPSA) is 50.4 Å². The van der Waals surface area contributed by atoms with Gasteiger partial charge in [-0.05, 0) is 30.7 Å². The second-order valence-electron chi connectivity index (χ2n) is 5.73. The molecule has 3 atom stereocenters. The van der Waals surface area contributed by atoms with Crippen LogP contribution in [0.25, 0.3) is 0 Å². The van der Waals surface area contributed by atoms with Gasteiger partial charge in [0.1, 0.15) is 0 Å². The smallest absolute Gasteiger partial charge is 0.237 e. The van der Waals surface area contributed by atoms with Crippen LogP contribution in [0.3, 0.4) is 0 Å². The zero-order chi connectivity index (χ0) is 13.8. The molecule has 2 fully saturated rings. The van der Waals surface area contributed by atoms with E-state index in [1.54, 1.807) is 0 Å². The molecular formula is C16H22N2O2. The minimum atomic E-state index is -0.0532. The molecule has 1 aromatic rings. The predicted molar refractivity (Wildman–Crippen MR) is 77.3 cm³/mol. The monoisotopic (exact) mass is 274 g/mol. The van der Waals surface area contributed by atoms with Crippen molar-refractivity contribution in [3.05, 3.63) is 35.9 Å². The Morgan fingerprint density at radius 1 is 1.30 bits per heavy atom. The fourth-order valence-corrected chi connectivity index (χ4v) is 3.08. The fourth-order valence-electron chi connectivity index (χ4n) is 3.08. The van der Waals surface area contributed by atoms with Crippen LogP contribution in [0.2, 0.25) is 0 Å². The molecule has 0 radical (unpaired) electrons. The van der Waals surface area contributed by atoms with Crippen LogP contribution in [-0.4, -0.2) is 31.7 Å². The largest absolute Gasteiger partial charge is 0.381 e. The predicted octanol–water partition coefficient (Wildman–Crippen LogP) is 1.63. The van der Waals surface area contributed by atoms with Crippen LogP contribution in [0.15, 0.2) is 30.3 Å². The van der Waals surface area contributed by atoms with Crippen molar-refractivity contribution < 1.29 is 9.53 Å². The average molecular weight is 274 g/mol. The van der Waals surface area contributed by atoms with Crippen molar-refractivity contribution in [3.8, 4) is 0 Å². The molecule has 0 aliphatic carbocycles. The molecule has 0 unspecified atom stereocenters. The van der Waals surface area contributed by atoms with E-state index in [-0.39, 0.29) is 18.0 Å². The van der Waals surface area contributed by atoms with Crippen LogP contribution in [-0.2, 0) is 9.53 Å². The summed E-state index contributed by atoms with van der Waals surface area (Å²) in [6.45, 7) is 2.50. The number of rotatable bonds is 5. The number of ether oxygens (including phenoxy) is 1. The molecule has 2 aliphatic rings. The highest BCUT2D eigenvalue weighted by atomic mass is 16.5. The van der Waals surface area contributed by atoms with E-state index < -0.39 is 0 Å². The van der Waals surface area contributed by atoms with E-state index in [2.05, 4.69) is 34.9 Å². The van der Waals surface area contributed by atoms with Crippen molar-refractivity contribution in [1.29, 1.82) is 0 Å². The maximum absolute atomic E-state index is 11.8. The van der Waals surface area contributed by atoms with Gasteiger partial charge >= 0.3 is 0 Å². The number of nitrogens with one attached hydrogen (secondary N) is 2. The van der Waals surface area contributed by atoms with E-state index in [1.807, 2.05) is 6.07 Å². The second-order valence-corrected chi connectivity index (χ2v) is 5.73. The van der Waals surface area contributed by atoms with Crippen molar-refractivity contribution >= 4 is 5.91 Å². The molecule has 20 heavy (non-hydrogen) atoms. The standard InChI is InChI=1S/C16H22N2O2/c19-16-14(6-8-17-16)18-15(10-12-7-9-20-11-12)13-4-2-1-3-5-13/h1-5,12,14-15,18H,6-11H2,(H,17,19)/t12-,14-,15-/m0/s1. The first-order chi connectivity index (χ1) is 9.83. The third-order valence-corrected chi connectivity index (χ3v) is 4.25. The van der Waals surface area contributed by atoms with Crippen LogP contribution in [0.1, 0.15) is 30.9 Å². The summed E-state index contributed by atoms with van der Waals surface area (Å²) in [4.78, 5) is 11.8. The Morgan fingerprint density at radius 2 is 2.15 bits per heavy atom. The van der Waals surface area contributed by atoms with Crippen LogP contribution < -0.4 is 10.6 Å². The van der Waals surface area contributed by atoms with Crippen LogP contribution in [0.5, 0.6) is 0 Å². The summed E-state index contributed by atoms with van der Waals surface area (Å²) >= 11 is 0. The molecule has 2 saturated heterocycles. The van der Waals surface area contributed by atoms with E-state index in [9.17, 15) is 4.79 Å². The first-order valence-corrected chi connectivity index (χ1v) is 7.49. The van der Waals surface area contributed by atoms with Gasteiger partial charge in [-0.25, -0.2) is 0 Å². The third kappa shape index (κ3) is 3.19. The van der Waals surface area contributed by atoms with Gasteiger partial charge in [0.05, 0.1) is 6.04 Å². The zero-order valence-electron chi connectivity index (χ0n) is 11.7. The maximum atomic E-state index is 11.8. The lowest BCUT2D eigenvalue weighted by atomic mass is 9.93. The molecule has 2 N–H and O–H groups in total. The van der Waals surface area contributed by atoms with Gasteiger partial charge < -0.3 is 10.1 Å². The second kappa shape index (κ2) is 6.37. The number of carbonyl (C=O) groups is 1. The van der Waals surface area contributed by atoms with Gasteiger partial charge in [0.2, 0.25) is 5.91 Å². The van der Waals surface area contributed by atoms with Gasteiger partial charge in [-0.2, -0.15) is 0 Å². The summed E-state index contributed by atoms with van der Waals surface area (Å²) in [6, 6.07) is 10.6. The summed E-state index contributed by atoms with van der Waals surface area (Å²) in [5, 5.41) is 6.44. The van der Waals surface area contributed by atoms with E-state index in [0.717, 1.165) is 39.0 Å². The highest BCUT2D eigenvalue weighted by molar-refractivity contribution is 5.83. The Hall–Kier alpha value is -1.39. The molecule has 1 aromatic carbocycles. The van der Waals surface area contributed by atoms with Gasteiger partial charge in [-0.3, -0.25) is 10.1 Å². The average Bonchev–Trinajstić information content (AvgIpc) is 3.12. The van der Waals surface area contributed by atoms with Crippen LogP contribution in [0, 0.1) is 5.92 Å². The number of amides is 1. The summed E-state index contributed by atoms with van der Waals surface area (Å²) in [5.74, 6) is 0.728. The summed E-state index contributed by atoms with van der Waals surface area (Å²) in [5.41, 5.74) is 1.26. The maximum Gasteiger partial charge on any atom is 0.237 e. The van der Waals surface area contributed by atoms with Crippen LogP contribution >= 0.6 is 0 Å². The molecule has 0 bridgehead atoms. The van der Waals surface area contributed by atoms with Crippen molar-refractivity contribution in [2.24, 2.45) is 5.92 Å². The number of hydrogen-bond acceptors (Lipinski definition) is 3. The van der Waals surface area contributed by atoms with E-state index in [1.165, 1.54) is 5.56 Å². The Morgan fingerprint density at radius 3 is 2.80 bits per heavy atom. The third-order valence-electron chi connectivity index (χ3n) is 4.25. The minimum Gasteiger partial charge on any atom is -0.381 e. The lowest BCUT2D eigenvalue weighted by Crippen LogP contribution is -2.39. The Kier molecular flexibility index (Phi) is 4.33. The molecule has 2 aliphatic heterocycles. The first-order valence-electron chi connectivity index (χ1n) is 7.49. The molecule has 3 rings (SSSR count). The highest BCUT2D eigenvalue weighted by Crippen LogP contribution is 2.27. The van der Waals surface area contributed by atoms with Gasteiger partial charge in [0.15, 0.2) is 0 Å². The molecule has 0 saturated carbocycles. The molecule has 0 spiro atoms. The van der Waals surface area contributed by atoms with Crippen molar-refractivity contribution in [2.75, 3.05) is 19.8 Å². The number of benzene rings is 1. The zero-order valence-corrected chi connectivity index (χ0v) is 11.7. The van der Waals surface area contributed by atoms with E-state index in [0.29, 0.717) is 5.92 Å². The Balaban J connectivity index is 1.70. The van der Waals surface area contributed by atoms with E-state index >= 15 is 0 Å². The summed E-state index contributed by atoms with van der Waals surface area (Å²) in [7, 11) is 0. The molecule has 108 valence electrons. The summed E-state index contributed by atoms with van der Waals surface area (Å²) in [6.07, 6.45) is 3.04. The van der Waals surface area contributed by atoms with Crippen molar-refractivity contribution in [2.45, 2.75) is 31.3 Å². The van der Waals surface area contributed by atoms with Gasteiger partial charge in [0, 0.05) is 25.8 Å². The molecule has 2 heterocycles. The molecule has 0 aromatic heterocycles. The molecular weight excluding hydrogens is 252 g/mol. The van der Waals surface area contributed by atoms with Crippen molar-refractivity contribution in [1.82, 2.24) is 10.6 Å². The first kappa shape index (κ1) is 13.6. The summed E-state index contributed by atoms with van der Waals surface area (Å²) < 4.78 is 5.48. The van der Waals surface area contributed by atoms with Crippen LogP contribution in [0.4, 0.5) is 0 Å². The number of hydrogen-bond donors (Lipinski definition) is 2. The quantitative estimate of drug-likeness (QED) is 0.858. The lowest BCUT2D eigenvalue weighted by molar-refractivity contribution is -0.121. The molecule has 4 nitrogen and oxygen atoms in total. The highest BCUT2D eigenvalue weighted by Gasteiger charge is 2.29.